The molecule has 2 heterocycles. The van der Waals surface area contributed by atoms with E-state index in [1.807, 2.05) is 4.90 Å². The molecule has 0 aromatic heterocycles. The van der Waals surface area contributed by atoms with Crippen molar-refractivity contribution in [3.05, 3.63) is 29.8 Å². The van der Waals surface area contributed by atoms with Crippen LogP contribution in [0.5, 0.6) is 0 Å². The van der Waals surface area contributed by atoms with Gasteiger partial charge in [-0.05, 0) is 31.9 Å². The van der Waals surface area contributed by atoms with Gasteiger partial charge in [0, 0.05) is 18.7 Å². The van der Waals surface area contributed by atoms with E-state index in [2.05, 4.69) is 4.40 Å². The Morgan fingerprint density at radius 2 is 1.92 bits per heavy atom. The molecule has 0 bridgehead atoms. The highest BCUT2D eigenvalue weighted by molar-refractivity contribution is 7.90. The predicted molar refractivity (Wildman–Crippen MR) is 89.2 cm³/mol. The number of sulfonamides is 1. The number of hydrogen-bond acceptors (Lipinski definition) is 6. The quantitative estimate of drug-likeness (QED) is 0.768. The maximum Gasteiger partial charge on any atom is 0.309 e. The van der Waals surface area contributed by atoms with Crippen LogP contribution in [0.3, 0.4) is 0 Å². The molecule has 1 aromatic rings. The average molecular weight is 365 g/mol. The third-order valence-electron chi connectivity index (χ3n) is 4.43. The number of nitrogens with two attached hydrogens (primary N) is 1. The van der Waals surface area contributed by atoms with Gasteiger partial charge in [-0.15, -0.1) is 4.40 Å². The summed E-state index contributed by atoms with van der Waals surface area (Å²) < 4.78 is 33.2. The maximum absolute atomic E-state index is 12.1. The molecule has 134 valence electrons. The summed E-state index contributed by atoms with van der Waals surface area (Å²) in [6.07, 6.45) is 0.0265. The van der Waals surface area contributed by atoms with Crippen LogP contribution in [0.2, 0.25) is 0 Å². The Hall–Kier alpha value is -2.42. The number of hydrogen-bond donors (Lipinski definition) is 1. The minimum atomic E-state index is -3.66. The van der Waals surface area contributed by atoms with Gasteiger partial charge in [0.1, 0.15) is 4.90 Å². The molecule has 2 aliphatic rings. The van der Waals surface area contributed by atoms with Crippen molar-refractivity contribution in [2.45, 2.75) is 30.8 Å². The molecule has 0 radical (unpaired) electrons. The van der Waals surface area contributed by atoms with E-state index in [1.54, 1.807) is 18.2 Å². The molecule has 0 unspecified atom stereocenters. The van der Waals surface area contributed by atoms with Crippen molar-refractivity contribution in [2.24, 2.45) is 16.0 Å². The lowest BCUT2D eigenvalue weighted by molar-refractivity contribution is -0.159. The van der Waals surface area contributed by atoms with Gasteiger partial charge in [0.05, 0.1) is 5.92 Å². The Bertz CT molecular complexity index is 841. The van der Waals surface area contributed by atoms with Crippen LogP contribution in [-0.4, -0.2) is 50.2 Å². The fraction of sp³-hybridized carbons (Fsp3) is 0.438. The molecular weight excluding hydrogens is 346 g/mol. The number of carbonyl (C=O) groups excluding carboxylic acids is 2. The number of esters is 1. The smallest absolute Gasteiger partial charge is 0.309 e. The van der Waals surface area contributed by atoms with Crippen molar-refractivity contribution in [3.63, 3.8) is 0 Å². The summed E-state index contributed by atoms with van der Waals surface area (Å²) >= 11 is 0. The highest BCUT2D eigenvalue weighted by Crippen LogP contribution is 2.29. The van der Waals surface area contributed by atoms with Gasteiger partial charge in [-0.2, -0.15) is 8.42 Å². The Balaban J connectivity index is 1.68. The van der Waals surface area contributed by atoms with Crippen LogP contribution in [0, 0.1) is 5.92 Å². The summed E-state index contributed by atoms with van der Waals surface area (Å²) in [5, 5.41) is 0. The van der Waals surface area contributed by atoms with Crippen LogP contribution in [0.1, 0.15) is 25.3 Å². The van der Waals surface area contributed by atoms with Crippen LogP contribution in [0.15, 0.2) is 33.6 Å². The molecule has 25 heavy (non-hydrogen) atoms. The van der Waals surface area contributed by atoms with Gasteiger partial charge in [-0.25, -0.2) is 0 Å². The van der Waals surface area contributed by atoms with Crippen LogP contribution >= 0.6 is 0 Å². The molecule has 0 spiro atoms. The first-order valence-electron chi connectivity index (χ1n) is 7.98. The molecule has 1 aromatic carbocycles. The highest BCUT2D eigenvalue weighted by Gasteiger charge is 2.35. The zero-order valence-electron chi connectivity index (χ0n) is 13.7. The summed E-state index contributed by atoms with van der Waals surface area (Å²) in [4.78, 5) is 25.1. The van der Waals surface area contributed by atoms with Crippen LogP contribution in [-0.2, 0) is 24.3 Å². The lowest BCUT2D eigenvalue weighted by atomic mass is 9.96. The Morgan fingerprint density at radius 1 is 1.28 bits per heavy atom. The number of ether oxygens (including phenoxy) is 1. The Labute approximate surface area is 145 Å². The van der Waals surface area contributed by atoms with Gasteiger partial charge >= 0.3 is 5.97 Å². The van der Waals surface area contributed by atoms with E-state index in [-0.39, 0.29) is 10.8 Å². The third-order valence-corrected chi connectivity index (χ3v) is 5.76. The average Bonchev–Trinajstić information content (AvgIpc) is 2.87. The number of benzene rings is 1. The van der Waals surface area contributed by atoms with Gasteiger partial charge in [-0.3, -0.25) is 9.59 Å². The van der Waals surface area contributed by atoms with Gasteiger partial charge in [-0.1, -0.05) is 12.1 Å². The molecule has 1 fully saturated rings. The number of rotatable bonds is 3. The fourth-order valence-corrected chi connectivity index (χ4v) is 4.20. The molecule has 3 rings (SSSR count). The molecule has 0 aliphatic carbocycles. The lowest BCUT2D eigenvalue weighted by Gasteiger charge is -2.32. The van der Waals surface area contributed by atoms with Crippen LogP contribution in [0.4, 0.5) is 0 Å². The number of fused-ring (bicyclic) bond motifs is 1. The van der Waals surface area contributed by atoms with Crippen molar-refractivity contribution in [1.82, 2.24) is 4.90 Å². The first-order chi connectivity index (χ1) is 11.8. The normalized spacial score (nSPS) is 20.5. The van der Waals surface area contributed by atoms with E-state index in [9.17, 15) is 18.0 Å². The zero-order valence-corrected chi connectivity index (χ0v) is 14.5. The molecular formula is C16H19N3O5S. The summed E-state index contributed by atoms with van der Waals surface area (Å²) in [7, 11) is -3.66. The van der Waals surface area contributed by atoms with E-state index in [0.29, 0.717) is 37.3 Å². The molecule has 0 saturated carbocycles. The SMILES string of the molecule is C[C@@H](OC(=O)C1CCN(C2=NS(=O)(=O)c3ccccc32)CC1)C(N)=O. The summed E-state index contributed by atoms with van der Waals surface area (Å²) in [6.45, 7) is 2.39. The molecule has 1 amide bonds. The molecule has 8 nitrogen and oxygen atoms in total. The molecule has 2 aliphatic heterocycles. The number of nitrogens with zero attached hydrogens (tertiary/aromatic N) is 2. The molecule has 9 heteroatoms. The van der Waals surface area contributed by atoms with Crippen molar-refractivity contribution < 1.29 is 22.7 Å². The molecule has 2 N–H and O–H groups in total. The monoisotopic (exact) mass is 365 g/mol. The fourth-order valence-electron chi connectivity index (χ4n) is 2.97. The summed E-state index contributed by atoms with van der Waals surface area (Å²) in [5.74, 6) is -1.06. The van der Waals surface area contributed by atoms with Crippen molar-refractivity contribution in [1.29, 1.82) is 0 Å². The number of carbonyl (C=O) groups is 2. The van der Waals surface area contributed by atoms with E-state index in [4.69, 9.17) is 10.5 Å². The first-order valence-corrected chi connectivity index (χ1v) is 9.43. The number of likely N-dealkylation sites (tertiary alicyclic amines) is 1. The number of amidine groups is 1. The number of amides is 1. The van der Waals surface area contributed by atoms with Gasteiger partial charge in [0.15, 0.2) is 11.9 Å². The van der Waals surface area contributed by atoms with Crippen molar-refractivity contribution in [2.75, 3.05) is 13.1 Å². The van der Waals surface area contributed by atoms with Crippen molar-refractivity contribution >= 4 is 27.7 Å². The first kappa shape index (κ1) is 17.4. The second-order valence-electron chi connectivity index (χ2n) is 6.13. The third kappa shape index (κ3) is 3.37. The minimum absolute atomic E-state index is 0.210. The zero-order chi connectivity index (χ0) is 18.2. The minimum Gasteiger partial charge on any atom is -0.452 e. The standard InChI is InChI=1S/C16H19N3O5S/c1-10(14(17)20)24-16(21)11-6-8-19(9-7-11)15-12-4-2-3-5-13(12)25(22,23)18-15/h2-5,10-11H,6-9H2,1H3,(H2,17,20)/t10-/m1/s1. The summed E-state index contributed by atoms with van der Waals surface area (Å²) in [5.41, 5.74) is 5.68. The molecule has 1 saturated heterocycles. The highest BCUT2D eigenvalue weighted by atomic mass is 32.2. The van der Waals surface area contributed by atoms with Crippen LogP contribution in [0.25, 0.3) is 0 Å². The lowest BCUT2D eigenvalue weighted by Crippen LogP contribution is -2.42. The number of primary amides is 1. The summed E-state index contributed by atoms with van der Waals surface area (Å²) in [6, 6.07) is 6.70. The van der Waals surface area contributed by atoms with Gasteiger partial charge < -0.3 is 15.4 Å². The van der Waals surface area contributed by atoms with Gasteiger partial charge in [0.2, 0.25) is 0 Å². The van der Waals surface area contributed by atoms with Gasteiger partial charge in [0.25, 0.3) is 15.9 Å². The second kappa shape index (κ2) is 6.47. The Morgan fingerprint density at radius 3 is 2.56 bits per heavy atom. The maximum atomic E-state index is 12.1. The van der Waals surface area contributed by atoms with E-state index < -0.39 is 28.0 Å². The van der Waals surface area contributed by atoms with E-state index >= 15 is 0 Å². The largest absolute Gasteiger partial charge is 0.452 e. The number of piperidine rings is 1. The van der Waals surface area contributed by atoms with E-state index in [0.717, 1.165) is 0 Å². The topological polar surface area (TPSA) is 119 Å². The second-order valence-corrected chi connectivity index (χ2v) is 7.70. The molecule has 1 atom stereocenters. The predicted octanol–water partition coefficient (Wildman–Crippen LogP) is 0.265. The van der Waals surface area contributed by atoms with Crippen LogP contribution < -0.4 is 5.73 Å². The van der Waals surface area contributed by atoms with Crippen molar-refractivity contribution in [3.8, 4) is 0 Å². The Kier molecular flexibility index (Phi) is 4.51. The van der Waals surface area contributed by atoms with E-state index in [1.165, 1.54) is 13.0 Å².